The number of thiophene rings is 1. The molecule has 0 aliphatic carbocycles. The minimum Gasteiger partial charge on any atom is -0.149 e. The van der Waals surface area contributed by atoms with E-state index < -0.39 is 0 Å². The van der Waals surface area contributed by atoms with Gasteiger partial charge in [-0.05, 0) is 23.9 Å². The van der Waals surface area contributed by atoms with Gasteiger partial charge in [0.15, 0.2) is 0 Å². The maximum atomic E-state index is 5.49. The lowest BCUT2D eigenvalue weighted by Gasteiger charge is -1.86. The summed E-state index contributed by atoms with van der Waals surface area (Å²) in [5, 5.41) is 2.09. The van der Waals surface area contributed by atoms with Gasteiger partial charge in [-0.3, -0.25) is 0 Å². The van der Waals surface area contributed by atoms with Crippen LogP contribution >= 0.6 is 22.9 Å². The van der Waals surface area contributed by atoms with E-state index in [0.29, 0.717) is 5.88 Å². The van der Waals surface area contributed by atoms with Crippen molar-refractivity contribution in [1.29, 1.82) is 0 Å². The van der Waals surface area contributed by atoms with Crippen LogP contribution in [0.25, 0.3) is 6.08 Å². The van der Waals surface area contributed by atoms with Crippen molar-refractivity contribution in [2.75, 3.05) is 5.88 Å². The van der Waals surface area contributed by atoms with Crippen molar-refractivity contribution in [3.63, 3.8) is 0 Å². The Kier molecular flexibility index (Phi) is 2.97. The van der Waals surface area contributed by atoms with Gasteiger partial charge in [0, 0.05) is 10.8 Å². The van der Waals surface area contributed by atoms with Gasteiger partial charge in [0.25, 0.3) is 0 Å². The topological polar surface area (TPSA) is 0 Å². The highest BCUT2D eigenvalue weighted by atomic mass is 35.5. The van der Waals surface area contributed by atoms with Crippen LogP contribution in [0.1, 0.15) is 10.4 Å². The Hall–Kier alpha value is -0.270. The first-order valence-corrected chi connectivity index (χ1v) is 4.52. The number of allylic oxidation sites excluding steroid dienone is 1. The summed E-state index contributed by atoms with van der Waals surface area (Å²) in [6.07, 6.45) is 4.01. The molecule has 0 amide bonds. The molecule has 0 aromatic carbocycles. The van der Waals surface area contributed by atoms with E-state index in [0.717, 1.165) is 0 Å². The van der Waals surface area contributed by atoms with Crippen molar-refractivity contribution in [1.82, 2.24) is 0 Å². The molecule has 0 nitrogen and oxygen atoms in total. The van der Waals surface area contributed by atoms with Gasteiger partial charge in [-0.25, -0.2) is 0 Å². The first kappa shape index (κ1) is 7.83. The third-order valence-electron chi connectivity index (χ3n) is 1.29. The largest absolute Gasteiger partial charge is 0.149 e. The Morgan fingerprint density at radius 3 is 3.00 bits per heavy atom. The Morgan fingerprint density at radius 2 is 2.50 bits per heavy atom. The minimum absolute atomic E-state index is 0.593. The van der Waals surface area contributed by atoms with E-state index in [4.69, 9.17) is 11.6 Å². The lowest BCUT2D eigenvalue weighted by Crippen LogP contribution is -1.67. The summed E-state index contributed by atoms with van der Waals surface area (Å²) in [4.78, 5) is 1.35. The van der Waals surface area contributed by atoms with Crippen molar-refractivity contribution in [2.24, 2.45) is 0 Å². The van der Waals surface area contributed by atoms with Gasteiger partial charge in [0.05, 0.1) is 0 Å². The third-order valence-corrected chi connectivity index (χ3v) is 2.33. The van der Waals surface area contributed by atoms with Gasteiger partial charge in [-0.15, -0.1) is 22.9 Å². The number of hydrogen-bond donors (Lipinski definition) is 0. The molecule has 0 saturated heterocycles. The molecule has 1 heterocycles. The number of halogens is 1. The van der Waals surface area contributed by atoms with Crippen LogP contribution < -0.4 is 0 Å². The molecule has 0 saturated carbocycles. The molecule has 0 aliphatic heterocycles. The highest BCUT2D eigenvalue weighted by Crippen LogP contribution is 2.16. The fourth-order valence-corrected chi connectivity index (χ4v) is 1.52. The summed E-state index contributed by atoms with van der Waals surface area (Å²) >= 11 is 7.25. The van der Waals surface area contributed by atoms with Crippen LogP contribution in [0.15, 0.2) is 17.5 Å². The number of rotatable bonds is 2. The summed E-state index contributed by atoms with van der Waals surface area (Å²) in [6, 6.07) is 2.10. The van der Waals surface area contributed by atoms with Crippen molar-refractivity contribution in [3.8, 4) is 0 Å². The monoisotopic (exact) mass is 172 g/mol. The fourth-order valence-electron chi connectivity index (χ4n) is 0.739. The standard InChI is InChI=1S/C8H9ClS/c1-7-8(3-2-5-9)4-6-10-7/h2-4,6H,5H2,1H3/b3-2+. The average Bonchev–Trinajstić information content (AvgIpc) is 2.31. The normalized spacial score (nSPS) is 11.0. The molecule has 0 radical (unpaired) electrons. The molecule has 1 rings (SSSR count). The quantitative estimate of drug-likeness (QED) is 0.601. The SMILES string of the molecule is Cc1sccc1/C=C/CCl. The number of alkyl halides is 1. The molecule has 2 heteroatoms. The van der Waals surface area contributed by atoms with Crippen molar-refractivity contribution in [2.45, 2.75) is 6.92 Å². The summed E-state index contributed by atoms with van der Waals surface area (Å²) in [6.45, 7) is 2.11. The molecule has 1 aromatic heterocycles. The van der Waals surface area contributed by atoms with Gasteiger partial charge in [0.2, 0.25) is 0 Å². The first-order valence-electron chi connectivity index (χ1n) is 3.11. The van der Waals surface area contributed by atoms with Crippen LogP contribution in [-0.2, 0) is 0 Å². The van der Waals surface area contributed by atoms with Gasteiger partial charge in [-0.1, -0.05) is 12.2 Å². The second kappa shape index (κ2) is 3.79. The van der Waals surface area contributed by atoms with Crippen LogP contribution in [0.3, 0.4) is 0 Å². The predicted octanol–water partition coefficient (Wildman–Crippen LogP) is 3.31. The Labute approximate surface area is 70.1 Å². The van der Waals surface area contributed by atoms with E-state index in [-0.39, 0.29) is 0 Å². The van der Waals surface area contributed by atoms with Crippen LogP contribution in [-0.4, -0.2) is 5.88 Å². The van der Waals surface area contributed by atoms with E-state index in [9.17, 15) is 0 Å². The lowest BCUT2D eigenvalue weighted by molar-refractivity contribution is 1.59. The van der Waals surface area contributed by atoms with Gasteiger partial charge >= 0.3 is 0 Å². The van der Waals surface area contributed by atoms with E-state index >= 15 is 0 Å². The molecule has 0 fully saturated rings. The molecular formula is C8H9ClS. The molecular weight excluding hydrogens is 164 g/mol. The van der Waals surface area contributed by atoms with E-state index in [1.54, 1.807) is 11.3 Å². The molecule has 0 bridgehead atoms. The maximum Gasteiger partial charge on any atom is 0.0407 e. The molecule has 10 heavy (non-hydrogen) atoms. The second-order valence-corrected chi connectivity index (χ2v) is 3.42. The number of aryl methyl sites for hydroxylation is 1. The minimum atomic E-state index is 0.593. The summed E-state index contributed by atoms with van der Waals surface area (Å²) in [5.41, 5.74) is 1.28. The Bertz CT molecular complexity index is 225. The van der Waals surface area contributed by atoms with Crippen molar-refractivity contribution < 1.29 is 0 Å². The summed E-state index contributed by atoms with van der Waals surface area (Å²) < 4.78 is 0. The van der Waals surface area contributed by atoms with Crippen LogP contribution in [0.2, 0.25) is 0 Å². The van der Waals surface area contributed by atoms with E-state index in [2.05, 4.69) is 24.4 Å². The zero-order valence-electron chi connectivity index (χ0n) is 5.80. The number of hydrogen-bond acceptors (Lipinski definition) is 1. The van der Waals surface area contributed by atoms with Gasteiger partial charge in [0.1, 0.15) is 0 Å². The summed E-state index contributed by atoms with van der Waals surface area (Å²) in [5.74, 6) is 0.593. The third kappa shape index (κ3) is 1.86. The molecule has 1 aromatic rings. The van der Waals surface area contributed by atoms with Crippen molar-refractivity contribution >= 4 is 29.0 Å². The Balaban J connectivity index is 2.74. The molecule has 0 atom stereocenters. The van der Waals surface area contributed by atoms with Crippen molar-refractivity contribution in [3.05, 3.63) is 28.0 Å². The molecule has 0 aliphatic rings. The Morgan fingerprint density at radius 1 is 1.70 bits per heavy atom. The van der Waals surface area contributed by atoms with E-state index in [1.807, 2.05) is 6.08 Å². The van der Waals surface area contributed by atoms with Crippen LogP contribution in [0.4, 0.5) is 0 Å². The smallest absolute Gasteiger partial charge is 0.0407 e. The zero-order chi connectivity index (χ0) is 7.40. The van der Waals surface area contributed by atoms with E-state index in [1.165, 1.54) is 10.4 Å². The average molecular weight is 173 g/mol. The fraction of sp³-hybridized carbons (Fsp3) is 0.250. The molecule has 54 valence electrons. The van der Waals surface area contributed by atoms with Crippen LogP contribution in [0, 0.1) is 6.92 Å². The first-order chi connectivity index (χ1) is 4.84. The maximum absolute atomic E-state index is 5.49. The van der Waals surface area contributed by atoms with Crippen LogP contribution in [0.5, 0.6) is 0 Å². The zero-order valence-corrected chi connectivity index (χ0v) is 7.38. The summed E-state index contributed by atoms with van der Waals surface area (Å²) in [7, 11) is 0. The van der Waals surface area contributed by atoms with Gasteiger partial charge in [-0.2, -0.15) is 0 Å². The molecule has 0 N–H and O–H groups in total. The lowest BCUT2D eigenvalue weighted by atomic mass is 10.2. The second-order valence-electron chi connectivity index (χ2n) is 1.99. The predicted molar refractivity (Wildman–Crippen MR) is 48.8 cm³/mol. The highest BCUT2D eigenvalue weighted by Gasteiger charge is 1.91. The highest BCUT2D eigenvalue weighted by molar-refractivity contribution is 7.10. The molecule has 0 unspecified atom stereocenters. The van der Waals surface area contributed by atoms with Gasteiger partial charge < -0.3 is 0 Å². The molecule has 0 spiro atoms.